The molecule has 0 aliphatic rings. The van der Waals surface area contributed by atoms with Crippen molar-refractivity contribution >= 4 is 10.9 Å². The Balaban J connectivity index is 0.000000720. The van der Waals surface area contributed by atoms with Gasteiger partial charge >= 0.3 is 29.6 Å². The number of aromatic hydroxyl groups is 1. The molecule has 13 heavy (non-hydrogen) atoms. The van der Waals surface area contributed by atoms with E-state index >= 15 is 0 Å². The zero-order chi connectivity index (χ0) is 7.68. The van der Waals surface area contributed by atoms with Gasteiger partial charge in [-0.05, 0) is 12.1 Å². The fourth-order valence-electron chi connectivity index (χ4n) is 1.09. The van der Waals surface area contributed by atoms with Crippen LogP contribution in [0.25, 0.3) is 10.9 Å². The molecule has 0 bridgehead atoms. The third-order valence-electron chi connectivity index (χ3n) is 1.61. The van der Waals surface area contributed by atoms with Gasteiger partial charge in [-0.2, -0.15) is 0 Å². The molecule has 2 N–H and O–H groups in total. The molecule has 0 aliphatic heterocycles. The van der Waals surface area contributed by atoms with E-state index in [4.69, 9.17) is 0 Å². The van der Waals surface area contributed by atoms with Crippen LogP contribution in [0.4, 0.5) is 0 Å². The maximum atomic E-state index is 9.31. The zero-order valence-electron chi connectivity index (χ0n) is 7.31. The number of aromatic nitrogens is 1. The van der Waals surface area contributed by atoms with Gasteiger partial charge in [0.1, 0.15) is 11.3 Å². The Morgan fingerprint density at radius 1 is 1.08 bits per heavy atom. The van der Waals surface area contributed by atoms with Gasteiger partial charge in [-0.1, -0.05) is 18.2 Å². The molecule has 1 aromatic carbocycles. The summed E-state index contributed by atoms with van der Waals surface area (Å²) in [4.78, 5) is 4.03. The van der Waals surface area contributed by atoms with E-state index in [2.05, 4.69) is 4.98 Å². The molecular formula is C9H8NNaO2. The van der Waals surface area contributed by atoms with E-state index < -0.39 is 0 Å². The van der Waals surface area contributed by atoms with Crippen LogP contribution < -0.4 is 29.6 Å². The Morgan fingerprint density at radius 3 is 2.46 bits per heavy atom. The number of rotatable bonds is 0. The molecule has 2 rings (SSSR count). The summed E-state index contributed by atoms with van der Waals surface area (Å²) in [6.45, 7) is 0. The van der Waals surface area contributed by atoms with Crippen LogP contribution in [-0.2, 0) is 0 Å². The van der Waals surface area contributed by atoms with Gasteiger partial charge in [0.05, 0.1) is 0 Å². The summed E-state index contributed by atoms with van der Waals surface area (Å²) in [5.74, 6) is 0.239. The molecule has 0 saturated carbocycles. The van der Waals surface area contributed by atoms with Crippen LogP contribution in [0, 0.1) is 0 Å². The van der Waals surface area contributed by atoms with Gasteiger partial charge in [0, 0.05) is 11.6 Å². The summed E-state index contributed by atoms with van der Waals surface area (Å²) in [5, 5.41) is 10.3. The molecule has 62 valence electrons. The molecule has 0 atom stereocenters. The first kappa shape index (κ1) is 12.4. The molecule has 0 radical (unpaired) electrons. The normalized spacial score (nSPS) is 8.62. The summed E-state index contributed by atoms with van der Waals surface area (Å²) in [7, 11) is 0. The fraction of sp³-hybridized carbons (Fsp3) is 0. The van der Waals surface area contributed by atoms with E-state index in [1.165, 1.54) is 0 Å². The molecule has 0 unspecified atom stereocenters. The van der Waals surface area contributed by atoms with Crippen LogP contribution >= 0.6 is 0 Å². The number of hydrogen-bond donors (Lipinski definition) is 1. The Labute approximate surface area is 98.0 Å². The van der Waals surface area contributed by atoms with Gasteiger partial charge in [-0.15, -0.1) is 0 Å². The largest absolute Gasteiger partial charge is 1.00 e. The average Bonchev–Trinajstić information content (AvgIpc) is 2.06. The monoisotopic (exact) mass is 185 g/mol. The van der Waals surface area contributed by atoms with Crippen molar-refractivity contribution in [2.75, 3.05) is 0 Å². The van der Waals surface area contributed by atoms with Crippen molar-refractivity contribution in [3.05, 3.63) is 36.5 Å². The van der Waals surface area contributed by atoms with Crippen molar-refractivity contribution in [3.8, 4) is 5.75 Å². The Hall–Kier alpha value is -0.610. The maximum Gasteiger partial charge on any atom is 1.00 e. The van der Waals surface area contributed by atoms with Gasteiger partial charge in [-0.25, -0.2) is 0 Å². The second-order valence-corrected chi connectivity index (χ2v) is 2.35. The molecule has 4 heteroatoms. The number of phenols is 1. The minimum atomic E-state index is 0. The minimum Gasteiger partial charge on any atom is -0.870 e. The molecular weight excluding hydrogens is 177 g/mol. The van der Waals surface area contributed by atoms with Crippen LogP contribution in [0.5, 0.6) is 5.75 Å². The molecule has 0 aliphatic carbocycles. The number of para-hydroxylation sites is 1. The van der Waals surface area contributed by atoms with Gasteiger partial charge in [0.2, 0.25) is 0 Å². The van der Waals surface area contributed by atoms with Gasteiger partial charge < -0.3 is 10.6 Å². The van der Waals surface area contributed by atoms with E-state index in [0.29, 0.717) is 5.52 Å². The summed E-state index contributed by atoms with van der Waals surface area (Å²) in [6, 6.07) is 9.13. The number of benzene rings is 1. The van der Waals surface area contributed by atoms with Gasteiger partial charge in [-0.3, -0.25) is 4.98 Å². The van der Waals surface area contributed by atoms with E-state index in [0.717, 1.165) is 5.39 Å². The zero-order valence-corrected chi connectivity index (χ0v) is 9.31. The average molecular weight is 185 g/mol. The first-order valence-electron chi connectivity index (χ1n) is 3.40. The molecule has 0 fully saturated rings. The van der Waals surface area contributed by atoms with Crippen molar-refractivity contribution in [2.45, 2.75) is 0 Å². The third kappa shape index (κ3) is 2.42. The first-order chi connectivity index (χ1) is 5.38. The second kappa shape index (κ2) is 5.19. The van der Waals surface area contributed by atoms with E-state index in [1.807, 2.05) is 18.2 Å². The summed E-state index contributed by atoms with van der Waals surface area (Å²) in [6.07, 6.45) is 1.67. The predicted molar refractivity (Wildman–Crippen MR) is 45.3 cm³/mol. The Kier molecular flexibility index (Phi) is 4.95. The summed E-state index contributed by atoms with van der Waals surface area (Å²) in [5.41, 5.74) is 0.662. The Bertz CT molecular complexity index is 387. The van der Waals surface area contributed by atoms with Gasteiger partial charge in [0.25, 0.3) is 0 Å². The topological polar surface area (TPSA) is 63.1 Å². The number of phenolic OH excluding ortho intramolecular Hbond substituents is 1. The van der Waals surface area contributed by atoms with Gasteiger partial charge in [0.15, 0.2) is 0 Å². The van der Waals surface area contributed by atoms with E-state index in [-0.39, 0.29) is 40.8 Å². The number of pyridine rings is 1. The summed E-state index contributed by atoms with van der Waals surface area (Å²) < 4.78 is 0. The van der Waals surface area contributed by atoms with E-state index in [9.17, 15) is 5.11 Å². The van der Waals surface area contributed by atoms with Crippen molar-refractivity contribution in [1.82, 2.24) is 4.98 Å². The smallest absolute Gasteiger partial charge is 0.870 e. The van der Waals surface area contributed by atoms with Crippen LogP contribution in [-0.4, -0.2) is 15.6 Å². The van der Waals surface area contributed by atoms with Crippen LogP contribution in [0.1, 0.15) is 0 Å². The van der Waals surface area contributed by atoms with E-state index in [1.54, 1.807) is 18.3 Å². The Morgan fingerprint density at radius 2 is 1.77 bits per heavy atom. The second-order valence-electron chi connectivity index (χ2n) is 2.35. The quantitative estimate of drug-likeness (QED) is 0.522. The number of nitrogens with zero attached hydrogens (tertiary/aromatic N) is 1. The van der Waals surface area contributed by atoms with Crippen molar-refractivity contribution in [2.24, 2.45) is 0 Å². The molecule has 1 heterocycles. The first-order valence-corrected chi connectivity index (χ1v) is 3.40. The third-order valence-corrected chi connectivity index (χ3v) is 1.61. The SMILES string of the molecule is Oc1cccc2cccnc12.[Na+].[OH-]. The molecule has 0 amide bonds. The summed E-state index contributed by atoms with van der Waals surface area (Å²) >= 11 is 0. The molecule has 0 spiro atoms. The molecule has 0 saturated heterocycles. The van der Waals surface area contributed by atoms with Crippen molar-refractivity contribution < 1.29 is 40.1 Å². The van der Waals surface area contributed by atoms with Crippen LogP contribution in [0.2, 0.25) is 0 Å². The molecule has 1 aromatic heterocycles. The minimum absolute atomic E-state index is 0. The van der Waals surface area contributed by atoms with Crippen molar-refractivity contribution in [3.63, 3.8) is 0 Å². The van der Waals surface area contributed by atoms with Crippen molar-refractivity contribution in [1.29, 1.82) is 0 Å². The molecule has 3 nitrogen and oxygen atoms in total. The van der Waals surface area contributed by atoms with Crippen LogP contribution in [0.15, 0.2) is 36.5 Å². The number of fused-ring (bicyclic) bond motifs is 1. The number of hydrogen-bond acceptors (Lipinski definition) is 3. The standard InChI is InChI=1S/C9H7NO.Na.H2O/c11-8-5-1-3-7-4-2-6-10-9(7)8;;/h1-6,11H;;1H2/q;+1;/p-1. The predicted octanol–water partition coefficient (Wildman–Crippen LogP) is -1.23. The fourth-order valence-corrected chi connectivity index (χ4v) is 1.09. The molecule has 2 aromatic rings. The van der Waals surface area contributed by atoms with Crippen LogP contribution in [0.3, 0.4) is 0 Å². The maximum absolute atomic E-state index is 9.31.